The first-order valence-electron chi connectivity index (χ1n) is 7.40. The van der Waals surface area contributed by atoms with Crippen molar-refractivity contribution >= 4 is 28.9 Å². The lowest BCUT2D eigenvalue weighted by Gasteiger charge is -2.14. The van der Waals surface area contributed by atoms with E-state index in [1.807, 2.05) is 13.0 Å². The second-order valence-electron chi connectivity index (χ2n) is 5.44. The zero-order valence-corrected chi connectivity index (χ0v) is 13.7. The van der Waals surface area contributed by atoms with Crippen LogP contribution in [0.15, 0.2) is 42.5 Å². The highest BCUT2D eigenvalue weighted by atomic mass is 16.6. The minimum Gasteiger partial charge on any atom is -0.449 e. The lowest BCUT2D eigenvalue weighted by atomic mass is 10.2. The highest BCUT2D eigenvalue weighted by molar-refractivity contribution is 5.97. The van der Waals surface area contributed by atoms with Crippen LogP contribution < -0.4 is 11.1 Å². The van der Waals surface area contributed by atoms with Gasteiger partial charge in [-0.25, -0.2) is 4.79 Å². The molecule has 0 spiro atoms. The first-order chi connectivity index (χ1) is 11.8. The molecule has 0 radical (unpaired) electrons. The average Bonchev–Trinajstić information content (AvgIpc) is 2.54. The van der Waals surface area contributed by atoms with Crippen molar-refractivity contribution in [2.24, 2.45) is 0 Å². The van der Waals surface area contributed by atoms with Crippen molar-refractivity contribution in [3.05, 3.63) is 63.7 Å². The van der Waals surface area contributed by atoms with Crippen molar-refractivity contribution in [1.82, 2.24) is 0 Å². The molecule has 0 aliphatic heterocycles. The summed E-state index contributed by atoms with van der Waals surface area (Å²) in [6, 6.07) is 10.7. The van der Waals surface area contributed by atoms with E-state index in [1.165, 1.54) is 19.1 Å². The van der Waals surface area contributed by atoms with Gasteiger partial charge in [0.2, 0.25) is 0 Å². The number of nitrogens with zero attached hydrogens (tertiary/aromatic N) is 1. The van der Waals surface area contributed by atoms with Crippen LogP contribution in [0.25, 0.3) is 0 Å². The number of rotatable bonds is 5. The largest absolute Gasteiger partial charge is 0.449 e. The zero-order valence-electron chi connectivity index (χ0n) is 13.7. The third-order valence-electron chi connectivity index (χ3n) is 3.40. The summed E-state index contributed by atoms with van der Waals surface area (Å²) in [5, 5.41) is 13.5. The van der Waals surface area contributed by atoms with E-state index < -0.39 is 28.6 Å². The molecule has 0 aliphatic carbocycles. The lowest BCUT2D eigenvalue weighted by molar-refractivity contribution is -0.383. The van der Waals surface area contributed by atoms with E-state index in [9.17, 15) is 19.7 Å². The molecule has 0 heterocycles. The number of anilines is 2. The smallest absolute Gasteiger partial charge is 0.339 e. The maximum atomic E-state index is 12.1. The summed E-state index contributed by atoms with van der Waals surface area (Å²) < 4.78 is 5.06. The summed E-state index contributed by atoms with van der Waals surface area (Å²) >= 11 is 0. The normalized spacial score (nSPS) is 11.4. The number of carbonyl (C=O) groups is 2. The molecule has 3 N–H and O–H groups in total. The van der Waals surface area contributed by atoms with Crippen LogP contribution in [0, 0.1) is 17.0 Å². The van der Waals surface area contributed by atoms with Gasteiger partial charge in [-0.05, 0) is 43.7 Å². The molecule has 8 heteroatoms. The van der Waals surface area contributed by atoms with Gasteiger partial charge in [0, 0.05) is 11.8 Å². The van der Waals surface area contributed by atoms with Gasteiger partial charge in [0.1, 0.15) is 5.69 Å². The average molecular weight is 343 g/mol. The van der Waals surface area contributed by atoms with Gasteiger partial charge in [-0.15, -0.1) is 0 Å². The number of hydrogen-bond donors (Lipinski definition) is 2. The highest BCUT2D eigenvalue weighted by Crippen LogP contribution is 2.23. The lowest BCUT2D eigenvalue weighted by Crippen LogP contribution is -2.30. The van der Waals surface area contributed by atoms with Gasteiger partial charge in [-0.2, -0.15) is 0 Å². The van der Waals surface area contributed by atoms with E-state index in [0.717, 1.165) is 11.6 Å². The van der Waals surface area contributed by atoms with E-state index in [4.69, 9.17) is 10.5 Å². The topological polar surface area (TPSA) is 125 Å². The molecular weight excluding hydrogens is 326 g/mol. The van der Waals surface area contributed by atoms with Gasteiger partial charge in [0.15, 0.2) is 6.10 Å². The molecule has 8 nitrogen and oxygen atoms in total. The van der Waals surface area contributed by atoms with E-state index >= 15 is 0 Å². The number of nitrogen functional groups attached to an aromatic ring is 1. The summed E-state index contributed by atoms with van der Waals surface area (Å²) in [4.78, 5) is 34.4. The predicted octanol–water partition coefficient (Wildman–Crippen LogP) is 2.67. The quantitative estimate of drug-likeness (QED) is 0.372. The van der Waals surface area contributed by atoms with Crippen molar-refractivity contribution in [2.75, 3.05) is 11.1 Å². The van der Waals surface area contributed by atoms with Crippen LogP contribution in [-0.2, 0) is 9.53 Å². The molecule has 0 unspecified atom stereocenters. The van der Waals surface area contributed by atoms with Crippen LogP contribution in [0.3, 0.4) is 0 Å². The Hall–Kier alpha value is -3.42. The van der Waals surface area contributed by atoms with E-state index in [2.05, 4.69) is 5.32 Å². The molecule has 0 aliphatic rings. The molecule has 0 fully saturated rings. The fraction of sp³-hybridized carbons (Fsp3) is 0.176. The van der Waals surface area contributed by atoms with Crippen molar-refractivity contribution in [3.8, 4) is 0 Å². The molecule has 0 saturated carbocycles. The van der Waals surface area contributed by atoms with E-state index in [1.54, 1.807) is 18.2 Å². The molecule has 130 valence electrons. The standard InChI is InChI=1S/C17H17N3O5/c1-10-4-3-5-13(8-10)19-16(21)11(2)25-17(22)12-6-7-14(18)15(9-12)20(23)24/h3-9,11H,18H2,1-2H3,(H,19,21)/t11-/m1/s1. The Kier molecular flexibility index (Phi) is 5.33. The van der Waals surface area contributed by atoms with Crippen LogP contribution in [-0.4, -0.2) is 22.9 Å². The molecule has 0 aromatic heterocycles. The molecule has 25 heavy (non-hydrogen) atoms. The summed E-state index contributed by atoms with van der Waals surface area (Å²) in [6.07, 6.45) is -1.08. The number of benzene rings is 2. The fourth-order valence-electron chi connectivity index (χ4n) is 2.08. The summed E-state index contributed by atoms with van der Waals surface area (Å²) in [5.74, 6) is -1.36. The number of aryl methyl sites for hydroxylation is 1. The van der Waals surface area contributed by atoms with Crippen molar-refractivity contribution < 1.29 is 19.2 Å². The number of nitrogens with one attached hydrogen (secondary N) is 1. The van der Waals surface area contributed by atoms with Crippen LogP contribution in [0.1, 0.15) is 22.8 Å². The first-order valence-corrected chi connectivity index (χ1v) is 7.40. The van der Waals surface area contributed by atoms with Crippen molar-refractivity contribution in [1.29, 1.82) is 0 Å². The van der Waals surface area contributed by atoms with E-state index in [0.29, 0.717) is 5.69 Å². The molecule has 0 bridgehead atoms. The van der Waals surface area contributed by atoms with Crippen LogP contribution >= 0.6 is 0 Å². The SMILES string of the molecule is Cc1cccc(NC(=O)[C@@H](C)OC(=O)c2ccc(N)c([N+](=O)[O-])c2)c1. The number of ether oxygens (including phenoxy) is 1. The Balaban J connectivity index is 2.05. The molecule has 2 aromatic rings. The van der Waals surface area contributed by atoms with Gasteiger partial charge >= 0.3 is 5.97 Å². The Morgan fingerprint density at radius 1 is 1.24 bits per heavy atom. The first kappa shape index (κ1) is 17.9. The molecule has 1 amide bonds. The number of nitro benzene ring substituents is 1. The molecule has 1 atom stereocenters. The minimum atomic E-state index is -1.08. The van der Waals surface area contributed by atoms with E-state index in [-0.39, 0.29) is 11.3 Å². The number of nitrogens with two attached hydrogens (primary N) is 1. The van der Waals surface area contributed by atoms with Gasteiger partial charge in [0.05, 0.1) is 10.5 Å². The van der Waals surface area contributed by atoms with Gasteiger partial charge in [-0.1, -0.05) is 12.1 Å². The van der Waals surface area contributed by atoms with Crippen LogP contribution in [0.2, 0.25) is 0 Å². The van der Waals surface area contributed by atoms with Crippen molar-refractivity contribution in [3.63, 3.8) is 0 Å². The van der Waals surface area contributed by atoms with Gasteiger partial charge in [-0.3, -0.25) is 14.9 Å². The molecule has 0 saturated heterocycles. The summed E-state index contributed by atoms with van der Waals surface area (Å²) in [6.45, 7) is 3.29. The number of hydrogen-bond acceptors (Lipinski definition) is 6. The molecular formula is C17H17N3O5. The molecule has 2 rings (SSSR count). The predicted molar refractivity (Wildman–Crippen MR) is 92.2 cm³/mol. The fourth-order valence-corrected chi connectivity index (χ4v) is 2.08. The zero-order chi connectivity index (χ0) is 18.6. The Labute approximate surface area is 143 Å². The maximum Gasteiger partial charge on any atom is 0.339 e. The summed E-state index contributed by atoms with van der Waals surface area (Å²) in [7, 11) is 0. The monoisotopic (exact) mass is 343 g/mol. The van der Waals surface area contributed by atoms with Crippen LogP contribution in [0.5, 0.6) is 0 Å². The molecule has 2 aromatic carbocycles. The highest BCUT2D eigenvalue weighted by Gasteiger charge is 2.21. The third-order valence-corrected chi connectivity index (χ3v) is 3.40. The Morgan fingerprint density at radius 2 is 1.96 bits per heavy atom. The van der Waals surface area contributed by atoms with Crippen molar-refractivity contribution in [2.45, 2.75) is 20.0 Å². The second-order valence-corrected chi connectivity index (χ2v) is 5.44. The number of esters is 1. The Bertz CT molecular complexity index is 835. The Morgan fingerprint density at radius 3 is 2.60 bits per heavy atom. The number of nitro groups is 1. The van der Waals surface area contributed by atoms with Gasteiger partial charge < -0.3 is 15.8 Å². The second kappa shape index (κ2) is 7.43. The maximum absolute atomic E-state index is 12.1. The summed E-state index contributed by atoms with van der Waals surface area (Å²) in [5.41, 5.74) is 6.51. The minimum absolute atomic E-state index is 0.0592. The van der Waals surface area contributed by atoms with Crippen LogP contribution in [0.4, 0.5) is 17.1 Å². The third kappa shape index (κ3) is 4.54. The number of amides is 1. The number of carbonyl (C=O) groups excluding carboxylic acids is 2. The van der Waals surface area contributed by atoms with Gasteiger partial charge in [0.25, 0.3) is 11.6 Å².